The number of aliphatic hydroxyl groups excluding tert-OH is 1. The molecule has 1 heterocycles. The lowest BCUT2D eigenvalue weighted by atomic mass is 9.85. The van der Waals surface area contributed by atoms with E-state index in [2.05, 4.69) is 0 Å². The zero-order chi connectivity index (χ0) is 14.5. The fraction of sp³-hybridized carbons (Fsp3) is 0.533. The molecule has 1 aliphatic rings. The molecule has 0 bridgehead atoms. The van der Waals surface area contributed by atoms with Crippen LogP contribution in [0.2, 0.25) is 0 Å². The molecule has 5 nitrogen and oxygen atoms in total. The Bertz CT molecular complexity index is 519. The van der Waals surface area contributed by atoms with Crippen LogP contribution in [0.3, 0.4) is 0 Å². The van der Waals surface area contributed by atoms with Crippen molar-refractivity contribution in [1.82, 2.24) is 0 Å². The molecule has 3 atom stereocenters. The summed E-state index contributed by atoms with van der Waals surface area (Å²) in [7, 11) is 3.12. The van der Waals surface area contributed by atoms with Gasteiger partial charge in [-0.1, -0.05) is 6.08 Å². The molecule has 1 saturated carbocycles. The van der Waals surface area contributed by atoms with Crippen molar-refractivity contribution in [3.63, 3.8) is 0 Å². The van der Waals surface area contributed by atoms with Crippen molar-refractivity contribution in [3.8, 4) is 5.75 Å². The van der Waals surface area contributed by atoms with Crippen LogP contribution in [0.25, 0.3) is 6.08 Å². The number of hydrogen-bond acceptors (Lipinski definition) is 5. The van der Waals surface area contributed by atoms with Gasteiger partial charge in [-0.2, -0.15) is 0 Å². The Balaban J connectivity index is 2.03. The largest absolute Gasteiger partial charge is 0.496 e. The fourth-order valence-corrected chi connectivity index (χ4v) is 2.50. The Labute approximate surface area is 117 Å². The van der Waals surface area contributed by atoms with Gasteiger partial charge in [0.25, 0.3) is 0 Å². The minimum Gasteiger partial charge on any atom is -0.496 e. The number of rotatable bonds is 4. The summed E-state index contributed by atoms with van der Waals surface area (Å²) in [5, 5.41) is 9.91. The lowest BCUT2D eigenvalue weighted by Gasteiger charge is -2.30. The quantitative estimate of drug-likeness (QED) is 0.911. The molecule has 0 aliphatic heterocycles. The van der Waals surface area contributed by atoms with E-state index in [9.17, 15) is 9.90 Å². The SMILES string of the molecule is COc1cc(/C=C/C2CCC(OC)C(O)C2)oc(=O)c1. The summed E-state index contributed by atoms with van der Waals surface area (Å²) in [5.41, 5.74) is -0.438. The molecule has 20 heavy (non-hydrogen) atoms. The predicted octanol–water partition coefficient (Wildman–Crippen LogP) is 1.84. The van der Waals surface area contributed by atoms with Gasteiger partial charge in [-0.15, -0.1) is 0 Å². The van der Waals surface area contributed by atoms with Gasteiger partial charge < -0.3 is 19.0 Å². The van der Waals surface area contributed by atoms with Gasteiger partial charge in [0.2, 0.25) is 0 Å². The van der Waals surface area contributed by atoms with Gasteiger partial charge in [-0.05, 0) is 31.3 Å². The molecule has 0 spiro atoms. The summed E-state index contributed by atoms with van der Waals surface area (Å²) < 4.78 is 15.3. The standard InChI is InChI=1S/C15H20O5/c1-18-12-8-11(20-15(17)9-12)5-3-10-4-6-14(19-2)13(16)7-10/h3,5,8-10,13-14,16H,4,6-7H2,1-2H3/b5-3+. The summed E-state index contributed by atoms with van der Waals surface area (Å²) in [6.45, 7) is 0. The smallest absolute Gasteiger partial charge is 0.339 e. The summed E-state index contributed by atoms with van der Waals surface area (Å²) in [4.78, 5) is 11.3. The van der Waals surface area contributed by atoms with Crippen LogP contribution in [0.4, 0.5) is 0 Å². The van der Waals surface area contributed by atoms with Crippen LogP contribution in [0.1, 0.15) is 25.0 Å². The highest BCUT2D eigenvalue weighted by Gasteiger charge is 2.27. The Morgan fingerprint density at radius 1 is 1.35 bits per heavy atom. The molecule has 1 aromatic heterocycles. The second kappa shape index (κ2) is 6.72. The molecule has 0 radical (unpaired) electrons. The minimum atomic E-state index is -0.444. The summed E-state index contributed by atoms with van der Waals surface area (Å²) in [5.74, 6) is 1.19. The van der Waals surface area contributed by atoms with E-state index in [0.717, 1.165) is 12.8 Å². The number of ether oxygens (including phenoxy) is 2. The predicted molar refractivity (Wildman–Crippen MR) is 74.7 cm³/mol. The highest BCUT2D eigenvalue weighted by molar-refractivity contribution is 5.45. The van der Waals surface area contributed by atoms with Gasteiger partial charge >= 0.3 is 5.63 Å². The molecule has 0 amide bonds. The highest BCUT2D eigenvalue weighted by Crippen LogP contribution is 2.28. The molecule has 3 unspecified atom stereocenters. The Hall–Kier alpha value is -1.59. The van der Waals surface area contributed by atoms with E-state index < -0.39 is 11.7 Å². The van der Waals surface area contributed by atoms with Crippen molar-refractivity contribution in [2.24, 2.45) is 5.92 Å². The monoisotopic (exact) mass is 280 g/mol. The number of aliphatic hydroxyl groups is 1. The van der Waals surface area contributed by atoms with Gasteiger partial charge in [0.1, 0.15) is 11.5 Å². The van der Waals surface area contributed by atoms with Crippen LogP contribution >= 0.6 is 0 Å². The zero-order valence-corrected chi connectivity index (χ0v) is 11.7. The van der Waals surface area contributed by atoms with Crippen LogP contribution in [0.5, 0.6) is 5.75 Å². The van der Waals surface area contributed by atoms with E-state index in [4.69, 9.17) is 13.9 Å². The van der Waals surface area contributed by atoms with E-state index >= 15 is 0 Å². The van der Waals surface area contributed by atoms with Crippen LogP contribution in [-0.4, -0.2) is 31.5 Å². The maximum absolute atomic E-state index is 11.3. The third-order valence-corrected chi connectivity index (χ3v) is 3.63. The van der Waals surface area contributed by atoms with E-state index in [0.29, 0.717) is 17.9 Å². The highest BCUT2D eigenvalue weighted by atomic mass is 16.5. The van der Waals surface area contributed by atoms with Gasteiger partial charge in [0, 0.05) is 13.2 Å². The average molecular weight is 280 g/mol. The first-order valence-electron chi connectivity index (χ1n) is 6.70. The summed E-state index contributed by atoms with van der Waals surface area (Å²) in [6.07, 6.45) is 5.63. The van der Waals surface area contributed by atoms with Crippen LogP contribution in [-0.2, 0) is 4.74 Å². The lowest BCUT2D eigenvalue weighted by Crippen LogP contribution is -2.34. The van der Waals surface area contributed by atoms with Crippen molar-refractivity contribution >= 4 is 6.08 Å². The normalized spacial score (nSPS) is 26.9. The van der Waals surface area contributed by atoms with E-state index in [1.807, 2.05) is 6.08 Å². The number of allylic oxidation sites excluding steroid dienone is 1. The molecule has 1 aliphatic carbocycles. The first-order valence-corrected chi connectivity index (χ1v) is 6.70. The molecule has 2 rings (SSSR count). The molecule has 0 saturated heterocycles. The van der Waals surface area contributed by atoms with Gasteiger partial charge in [0.15, 0.2) is 0 Å². The molecular formula is C15H20O5. The summed E-state index contributed by atoms with van der Waals surface area (Å²) >= 11 is 0. The van der Waals surface area contributed by atoms with Crippen molar-refractivity contribution < 1.29 is 19.0 Å². The average Bonchev–Trinajstić information content (AvgIpc) is 2.44. The van der Waals surface area contributed by atoms with E-state index in [1.165, 1.54) is 13.2 Å². The molecule has 1 fully saturated rings. The van der Waals surface area contributed by atoms with Gasteiger partial charge in [0.05, 0.1) is 25.4 Å². The third kappa shape index (κ3) is 3.71. The second-order valence-corrected chi connectivity index (χ2v) is 4.99. The van der Waals surface area contributed by atoms with E-state index in [-0.39, 0.29) is 12.0 Å². The summed E-state index contributed by atoms with van der Waals surface area (Å²) in [6, 6.07) is 2.96. The maximum Gasteiger partial charge on any atom is 0.339 e. The van der Waals surface area contributed by atoms with Crippen molar-refractivity contribution in [3.05, 3.63) is 34.4 Å². The Morgan fingerprint density at radius 3 is 2.80 bits per heavy atom. The second-order valence-electron chi connectivity index (χ2n) is 4.99. The maximum atomic E-state index is 11.3. The van der Waals surface area contributed by atoms with E-state index in [1.54, 1.807) is 19.3 Å². The van der Waals surface area contributed by atoms with Crippen molar-refractivity contribution in [2.45, 2.75) is 31.5 Å². The molecule has 110 valence electrons. The van der Waals surface area contributed by atoms with Crippen molar-refractivity contribution in [1.29, 1.82) is 0 Å². The Morgan fingerprint density at radius 2 is 2.15 bits per heavy atom. The molecule has 1 N–H and O–H groups in total. The Kier molecular flexibility index (Phi) is 4.98. The van der Waals surface area contributed by atoms with Crippen LogP contribution in [0, 0.1) is 5.92 Å². The van der Waals surface area contributed by atoms with Crippen LogP contribution in [0.15, 0.2) is 27.4 Å². The molecular weight excluding hydrogens is 260 g/mol. The zero-order valence-electron chi connectivity index (χ0n) is 11.7. The molecule has 5 heteroatoms. The molecule has 0 aromatic carbocycles. The number of methoxy groups -OCH3 is 2. The van der Waals surface area contributed by atoms with Crippen molar-refractivity contribution in [2.75, 3.05) is 14.2 Å². The lowest BCUT2D eigenvalue weighted by molar-refractivity contribution is -0.0443. The third-order valence-electron chi connectivity index (χ3n) is 3.63. The van der Waals surface area contributed by atoms with Gasteiger partial charge in [-0.3, -0.25) is 0 Å². The fourth-order valence-electron chi connectivity index (χ4n) is 2.50. The molecule has 1 aromatic rings. The first kappa shape index (κ1) is 14.8. The number of hydrogen-bond donors (Lipinski definition) is 1. The first-order chi connectivity index (χ1) is 9.62. The topological polar surface area (TPSA) is 68.9 Å². The van der Waals surface area contributed by atoms with Crippen LogP contribution < -0.4 is 10.4 Å². The van der Waals surface area contributed by atoms with Gasteiger partial charge in [-0.25, -0.2) is 4.79 Å². The minimum absolute atomic E-state index is 0.0746.